The van der Waals surface area contributed by atoms with Gasteiger partial charge in [-0.2, -0.15) is 10.1 Å². The van der Waals surface area contributed by atoms with Crippen LogP contribution in [-0.2, 0) is 11.3 Å². The molecule has 1 atom stereocenters. The minimum Gasteiger partial charge on any atom is -0.396 e. The number of methoxy groups -OCH3 is 1. The summed E-state index contributed by atoms with van der Waals surface area (Å²) in [4.78, 5) is 4.30. The van der Waals surface area contributed by atoms with Gasteiger partial charge in [-0.15, -0.1) is 0 Å². The highest BCUT2D eigenvalue weighted by atomic mass is 16.5. The normalized spacial score (nSPS) is 13.1. The number of nitrogens with two attached hydrogens (primary N) is 1. The topological polar surface area (TPSA) is 92.0 Å². The molecule has 0 aliphatic rings. The molecule has 0 aliphatic carbocycles. The van der Waals surface area contributed by atoms with Gasteiger partial charge in [-0.1, -0.05) is 19.0 Å². The largest absolute Gasteiger partial charge is 0.396 e. The molecule has 0 spiro atoms. The van der Waals surface area contributed by atoms with E-state index in [1.165, 1.54) is 0 Å². The summed E-state index contributed by atoms with van der Waals surface area (Å²) in [5.74, 6) is 1.32. The summed E-state index contributed by atoms with van der Waals surface area (Å²) >= 11 is 0. The fourth-order valence-electron chi connectivity index (χ4n) is 1.73. The Kier molecular flexibility index (Phi) is 3.61. The molecule has 0 bridgehead atoms. The molecule has 0 saturated carbocycles. The zero-order valence-electron chi connectivity index (χ0n) is 10.7. The van der Waals surface area contributed by atoms with E-state index in [2.05, 4.69) is 15.2 Å². The Labute approximate surface area is 105 Å². The van der Waals surface area contributed by atoms with Crippen molar-refractivity contribution >= 4 is 5.69 Å². The highest BCUT2D eigenvalue weighted by Gasteiger charge is 2.21. The van der Waals surface area contributed by atoms with Crippen molar-refractivity contribution in [3.05, 3.63) is 24.1 Å². The van der Waals surface area contributed by atoms with Crippen molar-refractivity contribution in [2.24, 2.45) is 5.92 Å². The predicted molar refractivity (Wildman–Crippen MR) is 64.6 cm³/mol. The first-order chi connectivity index (χ1) is 8.60. The summed E-state index contributed by atoms with van der Waals surface area (Å²) in [6, 6.07) is 0. The third-order valence-corrected chi connectivity index (χ3v) is 2.55. The first kappa shape index (κ1) is 12.6. The van der Waals surface area contributed by atoms with Gasteiger partial charge in [0.25, 0.3) is 0 Å². The van der Waals surface area contributed by atoms with E-state index in [0.717, 1.165) is 0 Å². The van der Waals surface area contributed by atoms with Crippen molar-refractivity contribution in [2.45, 2.75) is 26.5 Å². The molecule has 7 heteroatoms. The summed E-state index contributed by atoms with van der Waals surface area (Å²) in [7, 11) is 1.63. The number of hydrogen-bond donors (Lipinski definition) is 1. The van der Waals surface area contributed by atoms with Crippen molar-refractivity contribution in [3.8, 4) is 0 Å². The third kappa shape index (κ3) is 2.67. The van der Waals surface area contributed by atoms with Crippen molar-refractivity contribution in [1.82, 2.24) is 19.9 Å². The molecule has 98 valence electrons. The van der Waals surface area contributed by atoms with Crippen LogP contribution >= 0.6 is 0 Å². The van der Waals surface area contributed by atoms with Crippen LogP contribution in [-0.4, -0.2) is 27.0 Å². The maximum atomic E-state index is 5.58. The lowest BCUT2D eigenvalue weighted by atomic mass is 10.1. The average molecular weight is 251 g/mol. The van der Waals surface area contributed by atoms with E-state index in [1.54, 1.807) is 24.2 Å². The van der Waals surface area contributed by atoms with E-state index < -0.39 is 0 Å². The second-order valence-corrected chi connectivity index (χ2v) is 4.42. The van der Waals surface area contributed by atoms with Gasteiger partial charge in [0.2, 0.25) is 11.7 Å². The number of rotatable bonds is 5. The SMILES string of the molecule is COC(c1noc(Cn2cc(N)cn2)n1)C(C)C. The molecule has 0 amide bonds. The van der Waals surface area contributed by atoms with Gasteiger partial charge < -0.3 is 15.0 Å². The second kappa shape index (κ2) is 5.18. The lowest BCUT2D eigenvalue weighted by molar-refractivity contribution is 0.0555. The molecule has 7 nitrogen and oxygen atoms in total. The number of nitrogens with zero attached hydrogens (tertiary/aromatic N) is 4. The molecule has 0 aromatic carbocycles. The molecule has 0 aliphatic heterocycles. The molecule has 1 unspecified atom stereocenters. The van der Waals surface area contributed by atoms with Gasteiger partial charge >= 0.3 is 0 Å². The minimum absolute atomic E-state index is 0.162. The van der Waals surface area contributed by atoms with Crippen LogP contribution in [0.2, 0.25) is 0 Å². The van der Waals surface area contributed by atoms with Gasteiger partial charge in [-0.05, 0) is 5.92 Å². The van der Waals surface area contributed by atoms with Crippen molar-refractivity contribution in [1.29, 1.82) is 0 Å². The third-order valence-electron chi connectivity index (χ3n) is 2.55. The Morgan fingerprint density at radius 2 is 2.28 bits per heavy atom. The zero-order valence-corrected chi connectivity index (χ0v) is 10.7. The summed E-state index contributed by atoms with van der Waals surface area (Å²) in [5.41, 5.74) is 6.18. The summed E-state index contributed by atoms with van der Waals surface area (Å²) in [5, 5.41) is 7.98. The maximum absolute atomic E-state index is 5.58. The first-order valence-electron chi connectivity index (χ1n) is 5.73. The van der Waals surface area contributed by atoms with E-state index >= 15 is 0 Å². The van der Waals surface area contributed by atoms with E-state index in [-0.39, 0.29) is 12.0 Å². The summed E-state index contributed by atoms with van der Waals surface area (Å²) in [6.45, 7) is 4.48. The Hall–Kier alpha value is -1.89. The maximum Gasteiger partial charge on any atom is 0.248 e. The van der Waals surface area contributed by atoms with Gasteiger partial charge in [-0.3, -0.25) is 4.68 Å². The summed E-state index contributed by atoms with van der Waals surface area (Å²) in [6.07, 6.45) is 3.12. The van der Waals surface area contributed by atoms with Crippen LogP contribution in [0.25, 0.3) is 0 Å². The Bertz CT molecular complexity index is 505. The number of hydrogen-bond acceptors (Lipinski definition) is 6. The monoisotopic (exact) mass is 251 g/mol. The number of nitrogen functional groups attached to an aromatic ring is 1. The van der Waals surface area contributed by atoms with Crippen LogP contribution < -0.4 is 5.73 Å². The van der Waals surface area contributed by atoms with Crippen LogP contribution in [0.15, 0.2) is 16.9 Å². The van der Waals surface area contributed by atoms with Gasteiger partial charge in [0.1, 0.15) is 12.6 Å². The van der Waals surface area contributed by atoms with E-state index in [1.807, 2.05) is 13.8 Å². The molecule has 0 fully saturated rings. The summed E-state index contributed by atoms with van der Waals surface area (Å²) < 4.78 is 12.1. The van der Waals surface area contributed by atoms with Crippen LogP contribution in [0, 0.1) is 5.92 Å². The lowest BCUT2D eigenvalue weighted by Gasteiger charge is -2.14. The predicted octanol–water partition coefficient (Wildman–Crippen LogP) is 1.24. The molecular weight excluding hydrogens is 234 g/mol. The van der Waals surface area contributed by atoms with Crippen LogP contribution in [0.5, 0.6) is 0 Å². The minimum atomic E-state index is -0.162. The molecule has 2 aromatic rings. The standard InChI is InChI=1S/C11H17N5O2/c1-7(2)10(17-3)11-14-9(18-15-11)6-16-5-8(12)4-13-16/h4-5,7,10H,6,12H2,1-3H3. The Morgan fingerprint density at radius 1 is 1.50 bits per heavy atom. The number of anilines is 1. The van der Waals surface area contributed by atoms with Crippen LogP contribution in [0.1, 0.15) is 31.7 Å². The lowest BCUT2D eigenvalue weighted by Crippen LogP contribution is -2.11. The van der Waals surface area contributed by atoms with E-state index in [0.29, 0.717) is 23.9 Å². The van der Waals surface area contributed by atoms with Crippen molar-refractivity contribution < 1.29 is 9.26 Å². The van der Waals surface area contributed by atoms with Crippen molar-refractivity contribution in [3.63, 3.8) is 0 Å². The molecule has 18 heavy (non-hydrogen) atoms. The van der Waals surface area contributed by atoms with Gasteiger partial charge in [-0.25, -0.2) is 0 Å². The first-order valence-corrected chi connectivity index (χ1v) is 5.73. The Balaban J connectivity index is 2.10. The highest BCUT2D eigenvalue weighted by molar-refractivity contribution is 5.30. The molecule has 0 saturated heterocycles. The van der Waals surface area contributed by atoms with Gasteiger partial charge in [0, 0.05) is 13.3 Å². The van der Waals surface area contributed by atoms with E-state index in [4.69, 9.17) is 15.0 Å². The number of ether oxygens (including phenoxy) is 1. The highest BCUT2D eigenvalue weighted by Crippen LogP contribution is 2.22. The number of aromatic nitrogens is 4. The fourth-order valence-corrected chi connectivity index (χ4v) is 1.73. The van der Waals surface area contributed by atoms with Gasteiger partial charge in [0.15, 0.2) is 0 Å². The molecule has 2 N–H and O–H groups in total. The molecular formula is C11H17N5O2. The van der Waals surface area contributed by atoms with Crippen LogP contribution in [0.3, 0.4) is 0 Å². The zero-order chi connectivity index (χ0) is 13.1. The van der Waals surface area contributed by atoms with E-state index in [9.17, 15) is 0 Å². The fraction of sp³-hybridized carbons (Fsp3) is 0.545. The molecule has 2 rings (SSSR count). The smallest absolute Gasteiger partial charge is 0.248 e. The molecule has 2 aromatic heterocycles. The van der Waals surface area contributed by atoms with Gasteiger partial charge in [0.05, 0.1) is 11.9 Å². The molecule has 2 heterocycles. The molecule has 0 radical (unpaired) electrons. The quantitative estimate of drug-likeness (QED) is 0.859. The average Bonchev–Trinajstić information content (AvgIpc) is 2.90. The Morgan fingerprint density at radius 3 is 2.83 bits per heavy atom. The van der Waals surface area contributed by atoms with Crippen LogP contribution in [0.4, 0.5) is 5.69 Å². The van der Waals surface area contributed by atoms with Crippen molar-refractivity contribution in [2.75, 3.05) is 12.8 Å². The second-order valence-electron chi connectivity index (χ2n) is 4.42.